The second-order valence-corrected chi connectivity index (χ2v) is 8.87. The van der Waals surface area contributed by atoms with Crippen LogP contribution in [0.4, 0.5) is 5.95 Å². The lowest BCUT2D eigenvalue weighted by molar-refractivity contribution is 0.0696. The van der Waals surface area contributed by atoms with Crippen molar-refractivity contribution >= 4 is 32.7 Å². The van der Waals surface area contributed by atoms with E-state index in [1.807, 2.05) is 30.3 Å². The monoisotopic (exact) mass is 412 g/mol. The molecule has 9 heteroatoms. The normalized spacial score (nSPS) is 16.0. The molecule has 1 fully saturated rings. The highest BCUT2D eigenvalue weighted by molar-refractivity contribution is 7.89. The highest BCUT2D eigenvalue weighted by Gasteiger charge is 2.29. The van der Waals surface area contributed by atoms with Crippen LogP contribution >= 0.6 is 0 Å². The number of benzene rings is 2. The Balaban J connectivity index is 1.42. The van der Waals surface area contributed by atoms with Gasteiger partial charge in [-0.1, -0.05) is 30.3 Å². The van der Waals surface area contributed by atoms with Gasteiger partial charge in [-0.3, -0.25) is 0 Å². The quantitative estimate of drug-likeness (QED) is 0.662. The average Bonchev–Trinajstić information content (AvgIpc) is 2.74. The summed E-state index contributed by atoms with van der Waals surface area (Å²) in [5, 5.41) is 13.9. The van der Waals surface area contributed by atoms with Gasteiger partial charge in [-0.15, -0.1) is 0 Å². The second-order valence-electron chi connectivity index (χ2n) is 6.93. The van der Waals surface area contributed by atoms with Gasteiger partial charge >= 0.3 is 5.97 Å². The van der Waals surface area contributed by atoms with Gasteiger partial charge in [-0.05, 0) is 35.7 Å². The number of piperidine rings is 1. The fraction of sp³-hybridized carbons (Fsp3) is 0.250. The van der Waals surface area contributed by atoms with Crippen LogP contribution in [0, 0.1) is 0 Å². The summed E-state index contributed by atoms with van der Waals surface area (Å²) in [4.78, 5) is 19.2. The summed E-state index contributed by atoms with van der Waals surface area (Å²) < 4.78 is 27.5. The summed E-state index contributed by atoms with van der Waals surface area (Å²) in [5.41, 5.74) is 0.0202. The zero-order chi connectivity index (χ0) is 20.4. The number of aromatic nitrogens is 2. The summed E-state index contributed by atoms with van der Waals surface area (Å²) in [6, 6.07) is 12.9. The number of hydrogen-bond donors (Lipinski definition) is 2. The minimum absolute atomic E-state index is 0.0202. The molecule has 1 aliphatic rings. The van der Waals surface area contributed by atoms with Crippen LogP contribution in [0.3, 0.4) is 0 Å². The molecule has 0 spiro atoms. The van der Waals surface area contributed by atoms with Crippen molar-refractivity contribution < 1.29 is 18.3 Å². The number of aromatic carboxylic acids is 1. The average molecular weight is 412 g/mol. The molecule has 2 heterocycles. The van der Waals surface area contributed by atoms with Gasteiger partial charge in [0.1, 0.15) is 0 Å². The second kappa shape index (κ2) is 7.76. The van der Waals surface area contributed by atoms with Gasteiger partial charge in [-0.2, -0.15) is 4.31 Å². The molecule has 3 aromatic rings. The number of hydrogen-bond acceptors (Lipinski definition) is 6. The van der Waals surface area contributed by atoms with Crippen LogP contribution in [0.1, 0.15) is 23.2 Å². The summed E-state index contributed by atoms with van der Waals surface area (Å²) in [7, 11) is -3.56. The largest absolute Gasteiger partial charge is 0.478 e. The topological polar surface area (TPSA) is 112 Å². The molecule has 0 radical (unpaired) electrons. The molecule has 8 nitrogen and oxygen atoms in total. The minimum Gasteiger partial charge on any atom is -0.478 e. The van der Waals surface area contributed by atoms with E-state index in [0.29, 0.717) is 36.8 Å². The predicted octanol–water partition coefficient (Wildman–Crippen LogP) is 2.59. The minimum atomic E-state index is -3.56. The van der Waals surface area contributed by atoms with Gasteiger partial charge in [0.05, 0.1) is 10.5 Å². The van der Waals surface area contributed by atoms with E-state index in [2.05, 4.69) is 15.3 Å². The number of nitrogens with zero attached hydrogens (tertiary/aromatic N) is 3. The Morgan fingerprint density at radius 2 is 1.69 bits per heavy atom. The number of fused-ring (bicyclic) bond motifs is 1. The van der Waals surface area contributed by atoms with Crippen molar-refractivity contribution in [2.45, 2.75) is 23.8 Å². The van der Waals surface area contributed by atoms with Crippen LogP contribution in [-0.2, 0) is 10.0 Å². The predicted molar refractivity (Wildman–Crippen MR) is 108 cm³/mol. The maximum Gasteiger partial charge on any atom is 0.338 e. The zero-order valence-electron chi connectivity index (χ0n) is 15.5. The number of carboxylic acid groups (broad SMARTS) is 1. The molecular formula is C20H20N4O4S. The summed E-state index contributed by atoms with van der Waals surface area (Å²) in [6.45, 7) is 0.778. The van der Waals surface area contributed by atoms with Gasteiger partial charge in [0, 0.05) is 31.5 Å². The van der Waals surface area contributed by atoms with Crippen molar-refractivity contribution in [3.63, 3.8) is 0 Å². The Labute approximate surface area is 168 Å². The van der Waals surface area contributed by atoms with Crippen molar-refractivity contribution in [3.8, 4) is 0 Å². The molecule has 0 saturated carbocycles. The van der Waals surface area contributed by atoms with E-state index in [1.165, 1.54) is 16.7 Å². The van der Waals surface area contributed by atoms with Gasteiger partial charge in [0.15, 0.2) is 0 Å². The van der Waals surface area contributed by atoms with E-state index in [0.717, 1.165) is 10.8 Å². The van der Waals surface area contributed by atoms with Crippen molar-refractivity contribution in [2.24, 2.45) is 0 Å². The van der Waals surface area contributed by atoms with Crippen molar-refractivity contribution in [2.75, 3.05) is 18.4 Å². The first-order valence-corrected chi connectivity index (χ1v) is 10.7. The molecule has 2 aromatic carbocycles. The molecule has 0 unspecified atom stereocenters. The molecule has 2 N–H and O–H groups in total. The highest BCUT2D eigenvalue weighted by atomic mass is 32.2. The first-order valence-electron chi connectivity index (χ1n) is 9.24. The Hall–Kier alpha value is -3.04. The Morgan fingerprint density at radius 1 is 1.03 bits per heavy atom. The van der Waals surface area contributed by atoms with Gasteiger partial charge in [0.25, 0.3) is 0 Å². The molecule has 0 aliphatic carbocycles. The van der Waals surface area contributed by atoms with Crippen LogP contribution < -0.4 is 5.32 Å². The van der Waals surface area contributed by atoms with Crippen molar-refractivity contribution in [3.05, 3.63) is 60.4 Å². The Morgan fingerprint density at radius 3 is 2.34 bits per heavy atom. The van der Waals surface area contributed by atoms with E-state index in [9.17, 15) is 13.2 Å². The van der Waals surface area contributed by atoms with E-state index in [4.69, 9.17) is 5.11 Å². The number of nitrogens with one attached hydrogen (secondary N) is 1. The van der Waals surface area contributed by atoms with E-state index < -0.39 is 16.0 Å². The Bertz CT molecular complexity index is 1140. The summed E-state index contributed by atoms with van der Waals surface area (Å²) in [5.74, 6) is -0.741. The molecule has 1 aromatic heterocycles. The number of rotatable bonds is 5. The molecular weight excluding hydrogens is 392 g/mol. The number of carbonyl (C=O) groups is 1. The van der Waals surface area contributed by atoms with E-state index >= 15 is 0 Å². The third kappa shape index (κ3) is 4.06. The van der Waals surface area contributed by atoms with Crippen LogP contribution in [0.15, 0.2) is 59.8 Å². The molecule has 0 atom stereocenters. The summed E-state index contributed by atoms with van der Waals surface area (Å²) >= 11 is 0. The molecule has 29 heavy (non-hydrogen) atoms. The zero-order valence-corrected chi connectivity index (χ0v) is 16.3. The molecule has 0 bridgehead atoms. The number of sulfonamides is 1. The fourth-order valence-electron chi connectivity index (χ4n) is 3.41. The molecule has 150 valence electrons. The van der Waals surface area contributed by atoms with Crippen LogP contribution in [-0.4, -0.2) is 52.9 Å². The van der Waals surface area contributed by atoms with E-state index in [1.54, 1.807) is 12.1 Å². The summed E-state index contributed by atoms with van der Waals surface area (Å²) in [6.07, 6.45) is 3.71. The van der Waals surface area contributed by atoms with Gasteiger partial charge < -0.3 is 10.4 Å². The fourth-order valence-corrected chi connectivity index (χ4v) is 4.92. The smallest absolute Gasteiger partial charge is 0.338 e. The maximum atomic E-state index is 13.0. The van der Waals surface area contributed by atoms with Crippen molar-refractivity contribution in [1.82, 2.24) is 14.3 Å². The lowest BCUT2D eigenvalue weighted by Crippen LogP contribution is -2.42. The van der Waals surface area contributed by atoms with E-state index in [-0.39, 0.29) is 11.6 Å². The lowest BCUT2D eigenvalue weighted by atomic mass is 10.1. The number of carboxylic acids is 1. The molecule has 1 aliphatic heterocycles. The van der Waals surface area contributed by atoms with Gasteiger partial charge in [-0.25, -0.2) is 23.2 Å². The van der Waals surface area contributed by atoms with Crippen LogP contribution in [0.5, 0.6) is 0 Å². The molecule has 1 saturated heterocycles. The molecule has 4 rings (SSSR count). The van der Waals surface area contributed by atoms with Crippen LogP contribution in [0.25, 0.3) is 10.8 Å². The third-order valence-corrected chi connectivity index (χ3v) is 6.94. The lowest BCUT2D eigenvalue weighted by Gasteiger charge is -2.31. The van der Waals surface area contributed by atoms with Crippen LogP contribution in [0.2, 0.25) is 0 Å². The molecule has 0 amide bonds. The standard InChI is InChI=1S/C20H20N4O4S/c25-19(26)16-12-21-20(22-13-16)23-17-7-9-24(10-8-17)29(27,28)18-6-5-14-3-1-2-4-15(14)11-18/h1-6,11-13,17H,7-10H2,(H,25,26)(H,21,22,23). The van der Waals surface area contributed by atoms with Gasteiger partial charge in [0.2, 0.25) is 16.0 Å². The first-order chi connectivity index (χ1) is 13.9. The SMILES string of the molecule is O=C(O)c1cnc(NC2CCN(S(=O)(=O)c3ccc4ccccc4c3)CC2)nc1. The number of anilines is 1. The van der Waals surface area contributed by atoms with Crippen molar-refractivity contribution in [1.29, 1.82) is 0 Å². The third-order valence-electron chi connectivity index (χ3n) is 5.04. The Kier molecular flexibility index (Phi) is 5.16. The first kappa shape index (κ1) is 19.3. The highest BCUT2D eigenvalue weighted by Crippen LogP contribution is 2.25. The maximum absolute atomic E-state index is 13.0.